The molecular formula is C37H43F2N5O6. The van der Waals surface area contributed by atoms with E-state index < -0.39 is 17.7 Å². The number of piperidine rings is 1. The summed E-state index contributed by atoms with van der Waals surface area (Å²) in [5.74, 6) is -1.28. The van der Waals surface area contributed by atoms with Crippen LogP contribution in [0, 0.1) is 17.0 Å². The molecular weight excluding hydrogens is 648 g/mol. The Morgan fingerprint density at radius 2 is 1.82 bits per heavy atom. The number of fused-ring (bicyclic) bond motifs is 3. The van der Waals surface area contributed by atoms with Crippen molar-refractivity contribution >= 4 is 27.5 Å². The van der Waals surface area contributed by atoms with Crippen LogP contribution >= 0.6 is 0 Å². The first-order valence-corrected chi connectivity index (χ1v) is 17.7. The Bertz CT molecular complexity index is 1890. The number of β-amino-alcohol motifs (C(OH)–C–C–N with tert-alkyl or cyclic N) is 1. The molecule has 1 saturated carbocycles. The highest BCUT2D eigenvalue weighted by molar-refractivity contribution is 6.02. The van der Waals surface area contributed by atoms with Gasteiger partial charge in [-0.25, -0.2) is 13.8 Å². The molecule has 4 aromatic rings. The van der Waals surface area contributed by atoms with Crippen LogP contribution in [0.25, 0.3) is 32.9 Å². The maximum atomic E-state index is 17.0. The summed E-state index contributed by atoms with van der Waals surface area (Å²) in [4.78, 5) is 18.5. The summed E-state index contributed by atoms with van der Waals surface area (Å²) in [5.41, 5.74) is -0.379. The Hall–Kier alpha value is -3.91. The lowest BCUT2D eigenvalue weighted by Crippen LogP contribution is -2.56. The minimum absolute atomic E-state index is 0.000389. The third-order valence-corrected chi connectivity index (χ3v) is 11.1. The Kier molecular flexibility index (Phi) is 9.09. The van der Waals surface area contributed by atoms with E-state index in [9.17, 15) is 10.2 Å². The minimum atomic E-state index is -0.837. The molecule has 266 valence electrons. The first-order chi connectivity index (χ1) is 24.3. The van der Waals surface area contributed by atoms with Crippen molar-refractivity contribution < 1.29 is 37.9 Å². The number of aliphatic hydroxyl groups excluding tert-OH is 1. The molecule has 50 heavy (non-hydrogen) atoms. The molecule has 2 N–H and O–H groups in total. The third kappa shape index (κ3) is 5.97. The number of likely N-dealkylation sites (tertiary alicyclic amines) is 1. The molecule has 1 aliphatic carbocycles. The topological polar surface area (TPSA) is 123 Å². The van der Waals surface area contributed by atoms with Gasteiger partial charge in [0.2, 0.25) is 5.88 Å². The second-order valence-corrected chi connectivity index (χ2v) is 14.1. The zero-order valence-electron chi connectivity index (χ0n) is 28.2. The SMILES string of the molecule is COc1nc(-c2cc(O)cc3cccc(F)c23)c(F)c2nc(OCC34CCCC3N(C3CCOCC3)CCC4)nc(N3CCOCC(O)C3)c12. The van der Waals surface area contributed by atoms with Gasteiger partial charge in [-0.15, -0.1) is 0 Å². The fourth-order valence-electron chi connectivity index (χ4n) is 8.86. The van der Waals surface area contributed by atoms with Crippen molar-refractivity contribution in [3.8, 4) is 28.9 Å². The van der Waals surface area contributed by atoms with Crippen molar-refractivity contribution in [2.24, 2.45) is 5.41 Å². The number of anilines is 1. The fourth-order valence-corrected chi connectivity index (χ4v) is 8.86. The summed E-state index contributed by atoms with van der Waals surface area (Å²) < 4.78 is 55.9. The van der Waals surface area contributed by atoms with E-state index in [1.165, 1.54) is 31.4 Å². The van der Waals surface area contributed by atoms with E-state index in [-0.39, 0.29) is 63.8 Å². The van der Waals surface area contributed by atoms with Crippen LogP contribution in [0.5, 0.6) is 17.6 Å². The highest BCUT2D eigenvalue weighted by Gasteiger charge is 2.50. The van der Waals surface area contributed by atoms with Crippen LogP contribution in [0.4, 0.5) is 14.6 Å². The molecule has 0 bridgehead atoms. The summed E-state index contributed by atoms with van der Waals surface area (Å²) in [5, 5.41) is 21.9. The number of aromatic nitrogens is 3. The predicted molar refractivity (Wildman–Crippen MR) is 183 cm³/mol. The number of rotatable bonds is 7. The molecule has 5 heterocycles. The molecule has 4 aliphatic rings. The van der Waals surface area contributed by atoms with Gasteiger partial charge in [-0.05, 0) is 68.7 Å². The van der Waals surface area contributed by atoms with Crippen LogP contribution in [0.2, 0.25) is 0 Å². The van der Waals surface area contributed by atoms with Gasteiger partial charge in [-0.2, -0.15) is 9.97 Å². The molecule has 8 rings (SSSR count). The molecule has 11 nitrogen and oxygen atoms in total. The molecule has 4 fully saturated rings. The molecule has 3 atom stereocenters. The largest absolute Gasteiger partial charge is 0.508 e. The minimum Gasteiger partial charge on any atom is -0.508 e. The fraction of sp³-hybridized carbons (Fsp3) is 0.541. The van der Waals surface area contributed by atoms with Gasteiger partial charge in [0.05, 0.1) is 33.0 Å². The summed E-state index contributed by atoms with van der Waals surface area (Å²) in [6.07, 6.45) is 6.59. The number of phenols is 1. The lowest BCUT2D eigenvalue weighted by atomic mass is 9.74. The predicted octanol–water partition coefficient (Wildman–Crippen LogP) is 5.23. The summed E-state index contributed by atoms with van der Waals surface area (Å²) in [7, 11) is 1.41. The quantitative estimate of drug-likeness (QED) is 0.265. The van der Waals surface area contributed by atoms with Crippen LogP contribution in [-0.4, -0.2) is 108 Å². The molecule has 0 radical (unpaired) electrons. The molecule has 3 unspecified atom stereocenters. The Labute approximate surface area is 289 Å². The molecule has 3 saturated heterocycles. The number of nitrogens with zero attached hydrogens (tertiary/aromatic N) is 5. The number of ether oxygens (including phenoxy) is 4. The standard InChI is InChI=1S/C37H43F2N5O6/c1-47-35-30-33(31(39)32(40-35)26-18-24(45)17-22-5-2-6-27(38)29(22)26)41-36(42-34(30)43-13-16-49-20-25(46)19-43)50-21-37-10-3-7-28(37)44(12-4-11-37)23-8-14-48-15-9-23/h2,5-6,17-18,23,25,28,45-46H,3-4,7-16,19-21H2,1H3. The van der Waals surface area contributed by atoms with Crippen molar-refractivity contribution in [3.05, 3.63) is 42.0 Å². The van der Waals surface area contributed by atoms with E-state index in [1.807, 2.05) is 4.90 Å². The van der Waals surface area contributed by atoms with E-state index >= 15 is 8.78 Å². The number of aliphatic hydroxyl groups is 1. The van der Waals surface area contributed by atoms with Gasteiger partial charge >= 0.3 is 6.01 Å². The van der Waals surface area contributed by atoms with Gasteiger partial charge in [-0.3, -0.25) is 4.90 Å². The van der Waals surface area contributed by atoms with Crippen LogP contribution in [0.3, 0.4) is 0 Å². The van der Waals surface area contributed by atoms with Crippen molar-refractivity contribution in [2.75, 3.05) is 64.7 Å². The number of aromatic hydroxyl groups is 1. The number of methoxy groups -OCH3 is 1. The number of hydrogen-bond acceptors (Lipinski definition) is 11. The summed E-state index contributed by atoms with van der Waals surface area (Å²) >= 11 is 0. The zero-order chi connectivity index (χ0) is 34.4. The average molecular weight is 692 g/mol. The maximum absolute atomic E-state index is 17.0. The maximum Gasteiger partial charge on any atom is 0.319 e. The van der Waals surface area contributed by atoms with Gasteiger partial charge in [0.15, 0.2) is 5.82 Å². The van der Waals surface area contributed by atoms with Crippen LogP contribution in [0.1, 0.15) is 44.9 Å². The zero-order valence-corrected chi connectivity index (χ0v) is 28.2. The molecule has 13 heteroatoms. The van der Waals surface area contributed by atoms with Gasteiger partial charge in [-0.1, -0.05) is 18.6 Å². The first-order valence-electron chi connectivity index (χ1n) is 17.7. The Morgan fingerprint density at radius 3 is 2.66 bits per heavy atom. The number of pyridine rings is 1. The summed E-state index contributed by atoms with van der Waals surface area (Å²) in [6, 6.07) is 8.02. The van der Waals surface area contributed by atoms with E-state index in [0.29, 0.717) is 43.0 Å². The molecule has 2 aromatic heterocycles. The molecule has 3 aliphatic heterocycles. The Morgan fingerprint density at radius 1 is 0.980 bits per heavy atom. The first kappa shape index (κ1) is 33.2. The van der Waals surface area contributed by atoms with Crippen molar-refractivity contribution in [3.63, 3.8) is 0 Å². The smallest absolute Gasteiger partial charge is 0.319 e. The second kappa shape index (κ2) is 13.7. The van der Waals surface area contributed by atoms with Gasteiger partial charge in [0.25, 0.3) is 0 Å². The monoisotopic (exact) mass is 691 g/mol. The Balaban J connectivity index is 1.24. The summed E-state index contributed by atoms with van der Waals surface area (Å²) in [6.45, 7) is 4.04. The lowest BCUT2D eigenvalue weighted by molar-refractivity contribution is -0.0511. The second-order valence-electron chi connectivity index (χ2n) is 14.1. The number of benzene rings is 2. The van der Waals surface area contributed by atoms with E-state index in [0.717, 1.165) is 64.7 Å². The van der Waals surface area contributed by atoms with Crippen molar-refractivity contribution in [1.82, 2.24) is 19.9 Å². The number of halogens is 2. The van der Waals surface area contributed by atoms with Crippen molar-refractivity contribution in [2.45, 2.75) is 63.1 Å². The average Bonchev–Trinajstić information content (AvgIpc) is 3.44. The van der Waals surface area contributed by atoms with E-state index in [1.54, 1.807) is 6.07 Å². The highest BCUT2D eigenvalue weighted by atomic mass is 19.1. The molecule has 0 spiro atoms. The van der Waals surface area contributed by atoms with Gasteiger partial charge in [0.1, 0.15) is 34.0 Å². The van der Waals surface area contributed by atoms with Crippen LogP contribution < -0.4 is 14.4 Å². The molecule has 0 amide bonds. The lowest BCUT2D eigenvalue weighted by Gasteiger charge is -2.50. The normalized spacial score (nSPS) is 25.2. The van der Waals surface area contributed by atoms with Crippen molar-refractivity contribution in [1.29, 1.82) is 0 Å². The molecule has 2 aromatic carbocycles. The number of hydrogen-bond donors (Lipinski definition) is 2. The van der Waals surface area contributed by atoms with E-state index in [4.69, 9.17) is 23.9 Å². The van der Waals surface area contributed by atoms with Gasteiger partial charge in [0, 0.05) is 54.8 Å². The number of phenolic OH excluding ortho intramolecular Hbond substituents is 1. The third-order valence-electron chi connectivity index (χ3n) is 11.1. The van der Waals surface area contributed by atoms with E-state index in [2.05, 4.69) is 14.9 Å². The van der Waals surface area contributed by atoms with Crippen LogP contribution in [-0.2, 0) is 9.47 Å². The highest BCUT2D eigenvalue weighted by Crippen LogP contribution is 2.49. The van der Waals surface area contributed by atoms with Crippen LogP contribution in [0.15, 0.2) is 30.3 Å². The van der Waals surface area contributed by atoms with Gasteiger partial charge < -0.3 is 34.1 Å².